The number of nitrogens with zero attached hydrogens (tertiary/aromatic N) is 4. The number of para-hydroxylation sites is 3. The van der Waals surface area contributed by atoms with Gasteiger partial charge in [-0.15, -0.1) is 0 Å². The smallest absolute Gasteiger partial charge is 0.235 e. The molecule has 11 aromatic rings. The highest BCUT2D eigenvalue weighted by atomic mass is 15.2. The Morgan fingerprint density at radius 1 is 0.360 bits per heavy atom. The van der Waals surface area contributed by atoms with Crippen molar-refractivity contribution in [3.63, 3.8) is 0 Å². The molecule has 0 unspecified atom stereocenters. The fraction of sp³-hybridized carbons (Fsp3) is 0. The summed E-state index contributed by atoms with van der Waals surface area (Å²) >= 11 is 0. The molecule has 0 atom stereocenters. The van der Waals surface area contributed by atoms with Crippen LogP contribution in [0.3, 0.4) is 0 Å². The second-order valence-electron chi connectivity index (χ2n) is 13.0. The van der Waals surface area contributed by atoms with Gasteiger partial charge in [0, 0.05) is 38.2 Å². The predicted octanol–water partition coefficient (Wildman–Crippen LogP) is 11.8. The predicted molar refractivity (Wildman–Crippen MR) is 209 cm³/mol. The van der Waals surface area contributed by atoms with E-state index in [1.165, 1.54) is 48.6 Å². The van der Waals surface area contributed by atoms with Gasteiger partial charge in [0.05, 0.1) is 33.3 Å². The molecule has 50 heavy (non-hydrogen) atoms. The summed E-state index contributed by atoms with van der Waals surface area (Å²) in [7, 11) is 0. The minimum Gasteiger partial charge on any atom is -0.309 e. The zero-order valence-corrected chi connectivity index (χ0v) is 27.0. The topological polar surface area (TPSA) is 35.6 Å². The molecule has 0 saturated heterocycles. The second-order valence-corrected chi connectivity index (χ2v) is 13.0. The molecule has 0 aliphatic carbocycles. The van der Waals surface area contributed by atoms with Gasteiger partial charge in [0.15, 0.2) is 0 Å². The van der Waals surface area contributed by atoms with Crippen molar-refractivity contribution >= 4 is 76.1 Å². The van der Waals surface area contributed by atoms with Gasteiger partial charge in [0.1, 0.15) is 0 Å². The third-order valence-electron chi connectivity index (χ3n) is 10.3. The quantitative estimate of drug-likeness (QED) is 0.193. The lowest BCUT2D eigenvalue weighted by molar-refractivity contribution is 1.01. The van der Waals surface area contributed by atoms with E-state index in [-0.39, 0.29) is 0 Å². The van der Waals surface area contributed by atoms with Gasteiger partial charge in [-0.1, -0.05) is 121 Å². The van der Waals surface area contributed by atoms with E-state index in [9.17, 15) is 0 Å². The van der Waals surface area contributed by atoms with Crippen LogP contribution in [0.5, 0.6) is 0 Å². The van der Waals surface area contributed by atoms with Crippen molar-refractivity contribution < 1.29 is 0 Å². The molecule has 0 radical (unpaired) electrons. The number of aromatic nitrogens is 4. The standard InChI is InChI=1S/C46H28N4/c1-2-16-32(17-3-1)49-40-24-12-21-36(44(40)43-33-18-7-6-13-29(33)25-26-41(43)49)45-35-20-8-10-22-38(35)47-46(48-45)50-39-23-11-9-19-34(39)37-27-30-14-4-5-15-31(30)28-42(37)50/h1-28H. The molecule has 0 bridgehead atoms. The third-order valence-corrected chi connectivity index (χ3v) is 10.3. The fourth-order valence-electron chi connectivity index (χ4n) is 8.12. The van der Waals surface area contributed by atoms with Gasteiger partial charge in [-0.2, -0.15) is 0 Å². The highest BCUT2D eigenvalue weighted by Gasteiger charge is 2.22. The van der Waals surface area contributed by atoms with E-state index in [2.05, 4.69) is 179 Å². The fourth-order valence-corrected chi connectivity index (χ4v) is 8.12. The van der Waals surface area contributed by atoms with E-state index >= 15 is 0 Å². The molecule has 8 aromatic carbocycles. The van der Waals surface area contributed by atoms with Crippen molar-refractivity contribution in [2.45, 2.75) is 0 Å². The SMILES string of the molecule is c1ccc(-n2c3cccc(-c4nc(-n5c6ccccc6c6cc7ccccc7cc65)nc5ccccc45)c3c3c4ccccc4ccc32)cc1. The summed E-state index contributed by atoms with van der Waals surface area (Å²) in [5, 5.41) is 10.7. The lowest BCUT2D eigenvalue weighted by Crippen LogP contribution is -2.03. The van der Waals surface area contributed by atoms with Gasteiger partial charge < -0.3 is 4.57 Å². The molecule has 0 spiro atoms. The number of hydrogen-bond donors (Lipinski definition) is 0. The first kappa shape index (κ1) is 27.2. The van der Waals surface area contributed by atoms with Crippen LogP contribution in [0.15, 0.2) is 170 Å². The first-order valence-corrected chi connectivity index (χ1v) is 17.0. The summed E-state index contributed by atoms with van der Waals surface area (Å²) in [5.41, 5.74) is 8.55. The van der Waals surface area contributed by atoms with Gasteiger partial charge in [-0.3, -0.25) is 4.57 Å². The Kier molecular flexibility index (Phi) is 5.63. The van der Waals surface area contributed by atoms with E-state index in [0.29, 0.717) is 5.95 Å². The Bertz CT molecular complexity index is 3150. The van der Waals surface area contributed by atoms with Crippen LogP contribution in [0.4, 0.5) is 0 Å². The highest BCUT2D eigenvalue weighted by Crippen LogP contribution is 2.43. The van der Waals surface area contributed by atoms with E-state index < -0.39 is 0 Å². The van der Waals surface area contributed by atoms with E-state index in [4.69, 9.17) is 9.97 Å². The molecule has 0 saturated carbocycles. The van der Waals surface area contributed by atoms with Crippen LogP contribution < -0.4 is 0 Å². The maximum absolute atomic E-state index is 5.56. The molecule has 3 aromatic heterocycles. The maximum Gasteiger partial charge on any atom is 0.235 e. The van der Waals surface area contributed by atoms with Crippen molar-refractivity contribution in [2.24, 2.45) is 0 Å². The number of rotatable bonds is 3. The Morgan fingerprint density at radius 3 is 1.88 bits per heavy atom. The van der Waals surface area contributed by atoms with Crippen molar-refractivity contribution in [1.29, 1.82) is 0 Å². The lowest BCUT2D eigenvalue weighted by Gasteiger charge is -2.13. The maximum atomic E-state index is 5.56. The summed E-state index contributed by atoms with van der Waals surface area (Å²) in [6, 6.07) is 60.7. The zero-order chi connectivity index (χ0) is 32.8. The summed E-state index contributed by atoms with van der Waals surface area (Å²) in [6.07, 6.45) is 0. The minimum absolute atomic E-state index is 0.661. The van der Waals surface area contributed by atoms with Gasteiger partial charge in [-0.05, 0) is 70.1 Å². The monoisotopic (exact) mass is 636 g/mol. The zero-order valence-electron chi connectivity index (χ0n) is 27.0. The molecule has 0 aliphatic heterocycles. The summed E-state index contributed by atoms with van der Waals surface area (Å²) in [5.74, 6) is 0.661. The third kappa shape index (κ3) is 3.81. The van der Waals surface area contributed by atoms with Crippen LogP contribution in [-0.4, -0.2) is 19.1 Å². The van der Waals surface area contributed by atoms with Crippen molar-refractivity contribution in [3.8, 4) is 22.9 Å². The van der Waals surface area contributed by atoms with Crippen molar-refractivity contribution in [2.75, 3.05) is 0 Å². The average molecular weight is 637 g/mol. The Hall–Kier alpha value is -6.78. The normalized spacial score (nSPS) is 12.0. The molecular weight excluding hydrogens is 609 g/mol. The number of hydrogen-bond acceptors (Lipinski definition) is 2. The summed E-state index contributed by atoms with van der Waals surface area (Å²) < 4.78 is 4.64. The Labute approximate surface area is 287 Å². The van der Waals surface area contributed by atoms with Crippen LogP contribution in [0.2, 0.25) is 0 Å². The molecule has 0 fully saturated rings. The first-order valence-electron chi connectivity index (χ1n) is 17.0. The minimum atomic E-state index is 0.661. The van der Waals surface area contributed by atoms with E-state index in [1.54, 1.807) is 0 Å². The average Bonchev–Trinajstić information content (AvgIpc) is 3.70. The summed E-state index contributed by atoms with van der Waals surface area (Å²) in [4.78, 5) is 10.8. The van der Waals surface area contributed by atoms with Gasteiger partial charge >= 0.3 is 0 Å². The molecule has 232 valence electrons. The molecule has 0 amide bonds. The van der Waals surface area contributed by atoms with Crippen molar-refractivity contribution in [1.82, 2.24) is 19.1 Å². The van der Waals surface area contributed by atoms with Crippen LogP contribution in [-0.2, 0) is 0 Å². The molecular formula is C46H28N4. The Balaban J connectivity index is 1.29. The molecule has 11 rings (SSSR count). The van der Waals surface area contributed by atoms with E-state index in [1.807, 2.05) is 0 Å². The molecule has 4 nitrogen and oxygen atoms in total. The van der Waals surface area contributed by atoms with Gasteiger partial charge in [0.2, 0.25) is 5.95 Å². The summed E-state index contributed by atoms with van der Waals surface area (Å²) in [6.45, 7) is 0. The number of benzene rings is 8. The van der Waals surface area contributed by atoms with Gasteiger partial charge in [-0.25, -0.2) is 9.97 Å². The number of fused-ring (bicyclic) bond motifs is 10. The Morgan fingerprint density at radius 2 is 1.02 bits per heavy atom. The molecule has 3 heterocycles. The van der Waals surface area contributed by atoms with Gasteiger partial charge in [0.25, 0.3) is 0 Å². The largest absolute Gasteiger partial charge is 0.309 e. The molecule has 0 N–H and O–H groups in total. The van der Waals surface area contributed by atoms with Crippen molar-refractivity contribution in [3.05, 3.63) is 170 Å². The van der Waals surface area contributed by atoms with Crippen LogP contribution in [0.1, 0.15) is 0 Å². The van der Waals surface area contributed by atoms with Crippen LogP contribution in [0.25, 0.3) is 99.0 Å². The second kappa shape index (κ2) is 10.4. The van der Waals surface area contributed by atoms with Crippen LogP contribution in [0, 0.1) is 0 Å². The lowest BCUT2D eigenvalue weighted by atomic mass is 9.97. The highest BCUT2D eigenvalue weighted by molar-refractivity contribution is 6.26. The van der Waals surface area contributed by atoms with Crippen LogP contribution >= 0.6 is 0 Å². The molecule has 4 heteroatoms. The van der Waals surface area contributed by atoms with E-state index in [0.717, 1.165) is 44.4 Å². The first-order chi connectivity index (χ1) is 24.8. The molecule has 0 aliphatic rings.